The van der Waals surface area contributed by atoms with Crippen LogP contribution in [0.3, 0.4) is 0 Å². The second-order valence-corrected chi connectivity index (χ2v) is 6.60. The lowest BCUT2D eigenvalue weighted by atomic mass is 10.3. The summed E-state index contributed by atoms with van der Waals surface area (Å²) in [5.74, 6) is -0.687. The van der Waals surface area contributed by atoms with Crippen molar-refractivity contribution in [2.45, 2.75) is 11.8 Å². The van der Waals surface area contributed by atoms with Crippen molar-refractivity contribution >= 4 is 37.3 Å². The summed E-state index contributed by atoms with van der Waals surface area (Å²) in [4.78, 5) is 3.85. The van der Waals surface area contributed by atoms with E-state index < -0.39 is 15.8 Å². The van der Waals surface area contributed by atoms with Crippen LogP contribution in [0, 0.1) is 12.7 Å². The lowest BCUT2D eigenvalue weighted by Gasteiger charge is -2.10. The molecule has 0 spiro atoms. The molecular formula is C12H11BrFN3O2S. The van der Waals surface area contributed by atoms with Gasteiger partial charge in [0.15, 0.2) is 0 Å². The first kappa shape index (κ1) is 14.7. The van der Waals surface area contributed by atoms with Crippen molar-refractivity contribution < 1.29 is 12.8 Å². The number of sulfonamides is 1. The van der Waals surface area contributed by atoms with E-state index in [2.05, 4.69) is 25.6 Å². The molecule has 1 heterocycles. The van der Waals surface area contributed by atoms with Gasteiger partial charge in [-0.25, -0.2) is 12.8 Å². The number of benzene rings is 1. The van der Waals surface area contributed by atoms with Gasteiger partial charge in [-0.3, -0.25) is 9.71 Å². The van der Waals surface area contributed by atoms with E-state index in [9.17, 15) is 12.8 Å². The Hall–Kier alpha value is -1.67. The third-order valence-corrected chi connectivity index (χ3v) is 4.84. The number of nitrogens with two attached hydrogens (primary N) is 1. The first-order valence-corrected chi connectivity index (χ1v) is 7.77. The summed E-state index contributed by atoms with van der Waals surface area (Å²) in [5.41, 5.74) is 6.23. The molecule has 8 heteroatoms. The van der Waals surface area contributed by atoms with E-state index in [0.29, 0.717) is 5.69 Å². The van der Waals surface area contributed by atoms with Crippen molar-refractivity contribution in [2.75, 3.05) is 10.5 Å². The third kappa shape index (κ3) is 3.07. The molecule has 1 aromatic heterocycles. The van der Waals surface area contributed by atoms with E-state index in [0.717, 1.165) is 17.8 Å². The van der Waals surface area contributed by atoms with E-state index in [-0.39, 0.29) is 15.1 Å². The van der Waals surface area contributed by atoms with Crippen LogP contribution in [0.5, 0.6) is 0 Å². The van der Waals surface area contributed by atoms with Gasteiger partial charge in [0.05, 0.1) is 17.6 Å². The Morgan fingerprint density at radius 2 is 2.05 bits per heavy atom. The third-order valence-electron chi connectivity index (χ3n) is 2.50. The number of aromatic nitrogens is 1. The molecule has 20 heavy (non-hydrogen) atoms. The van der Waals surface area contributed by atoms with E-state index in [1.807, 2.05) is 0 Å². The molecule has 0 saturated heterocycles. The molecule has 2 rings (SSSR count). The molecule has 0 aliphatic rings. The number of nitrogens with one attached hydrogen (secondary N) is 1. The Morgan fingerprint density at radius 3 is 2.65 bits per heavy atom. The molecule has 1 aromatic carbocycles. The maximum Gasteiger partial charge on any atom is 0.263 e. The molecule has 0 bridgehead atoms. The predicted octanol–water partition coefficient (Wildman–Crippen LogP) is 2.67. The highest BCUT2D eigenvalue weighted by Crippen LogP contribution is 2.28. The number of halogens is 2. The summed E-state index contributed by atoms with van der Waals surface area (Å²) >= 11 is 3.01. The smallest absolute Gasteiger partial charge is 0.263 e. The quantitative estimate of drug-likeness (QED) is 0.825. The largest absolute Gasteiger partial charge is 0.396 e. The van der Waals surface area contributed by atoms with Gasteiger partial charge in [-0.2, -0.15) is 0 Å². The van der Waals surface area contributed by atoms with Crippen LogP contribution in [0.25, 0.3) is 0 Å². The molecule has 5 nitrogen and oxygen atoms in total. The van der Waals surface area contributed by atoms with Crippen LogP contribution in [0.2, 0.25) is 0 Å². The molecule has 0 radical (unpaired) electrons. The molecule has 0 fully saturated rings. The van der Waals surface area contributed by atoms with Gasteiger partial charge in [0, 0.05) is 10.2 Å². The second-order valence-electron chi connectivity index (χ2n) is 4.10. The van der Waals surface area contributed by atoms with Crippen molar-refractivity contribution in [1.82, 2.24) is 4.98 Å². The monoisotopic (exact) mass is 359 g/mol. The first-order chi connectivity index (χ1) is 9.29. The summed E-state index contributed by atoms with van der Waals surface area (Å²) in [7, 11) is -3.88. The Balaban J connectivity index is 2.40. The molecule has 0 amide bonds. The minimum absolute atomic E-state index is 0.0942. The highest BCUT2D eigenvalue weighted by Gasteiger charge is 2.20. The summed E-state index contributed by atoms with van der Waals surface area (Å²) in [6, 6.07) is 5.33. The molecule has 0 unspecified atom stereocenters. The van der Waals surface area contributed by atoms with Gasteiger partial charge in [-0.1, -0.05) is 0 Å². The zero-order valence-corrected chi connectivity index (χ0v) is 12.8. The summed E-state index contributed by atoms with van der Waals surface area (Å²) < 4.78 is 40.1. The number of rotatable bonds is 3. The Morgan fingerprint density at radius 1 is 1.35 bits per heavy atom. The van der Waals surface area contributed by atoms with Crippen molar-refractivity contribution in [3.8, 4) is 0 Å². The van der Waals surface area contributed by atoms with Gasteiger partial charge >= 0.3 is 0 Å². The number of aryl methyl sites for hydroxylation is 1. The van der Waals surface area contributed by atoms with E-state index in [1.54, 1.807) is 19.1 Å². The van der Waals surface area contributed by atoms with Gasteiger partial charge in [0.2, 0.25) is 0 Å². The fraction of sp³-hybridized carbons (Fsp3) is 0.0833. The van der Waals surface area contributed by atoms with Crippen molar-refractivity contribution in [1.29, 1.82) is 0 Å². The lowest BCUT2D eigenvalue weighted by Crippen LogP contribution is -2.14. The maximum atomic E-state index is 13.2. The van der Waals surface area contributed by atoms with Crippen LogP contribution in [-0.4, -0.2) is 13.4 Å². The minimum Gasteiger partial charge on any atom is -0.396 e. The number of pyridine rings is 1. The average Bonchev–Trinajstić information content (AvgIpc) is 2.36. The molecule has 106 valence electrons. The van der Waals surface area contributed by atoms with Crippen LogP contribution in [0.1, 0.15) is 5.69 Å². The van der Waals surface area contributed by atoms with Crippen molar-refractivity contribution in [3.05, 3.63) is 46.4 Å². The lowest BCUT2D eigenvalue weighted by molar-refractivity contribution is 0.599. The zero-order valence-electron chi connectivity index (χ0n) is 10.4. The number of anilines is 2. The fourth-order valence-electron chi connectivity index (χ4n) is 1.49. The maximum absolute atomic E-state index is 13.2. The van der Waals surface area contributed by atoms with Crippen LogP contribution >= 0.6 is 15.9 Å². The summed E-state index contributed by atoms with van der Waals surface area (Å²) in [6.45, 7) is 1.79. The number of nitrogens with zero attached hydrogens (tertiary/aromatic N) is 1. The minimum atomic E-state index is -3.88. The normalized spacial score (nSPS) is 11.3. The topological polar surface area (TPSA) is 85.1 Å². The Kier molecular flexibility index (Phi) is 3.96. The molecular weight excluding hydrogens is 349 g/mol. The van der Waals surface area contributed by atoms with Crippen LogP contribution < -0.4 is 10.5 Å². The summed E-state index contributed by atoms with van der Waals surface area (Å²) in [6.07, 6.45) is 1.40. The van der Waals surface area contributed by atoms with Crippen LogP contribution in [0.15, 0.2) is 39.8 Å². The number of hydrogen-bond acceptors (Lipinski definition) is 4. The Labute approximate surface area is 124 Å². The van der Waals surface area contributed by atoms with Crippen molar-refractivity contribution in [2.24, 2.45) is 0 Å². The molecule has 2 aromatic rings. The van der Waals surface area contributed by atoms with Crippen LogP contribution in [-0.2, 0) is 10.0 Å². The van der Waals surface area contributed by atoms with Crippen LogP contribution in [0.4, 0.5) is 15.8 Å². The molecule has 3 N–H and O–H groups in total. The predicted molar refractivity (Wildman–Crippen MR) is 78.3 cm³/mol. The van der Waals surface area contributed by atoms with Crippen molar-refractivity contribution in [3.63, 3.8) is 0 Å². The Bertz CT molecular complexity index is 748. The molecule has 0 aliphatic heterocycles. The average molecular weight is 360 g/mol. The van der Waals surface area contributed by atoms with E-state index in [4.69, 9.17) is 5.73 Å². The van der Waals surface area contributed by atoms with Gasteiger partial charge in [0.1, 0.15) is 10.7 Å². The van der Waals surface area contributed by atoms with Gasteiger partial charge < -0.3 is 5.73 Å². The zero-order chi connectivity index (χ0) is 14.9. The number of hydrogen-bond donors (Lipinski definition) is 2. The standard InChI is InChI=1S/C12H11BrFN3O2S/c1-7-2-3-8(6-16-7)17-20(18,19)12-5-11(15)10(14)4-9(12)13/h2-6,17H,15H2,1H3. The molecule has 0 aliphatic carbocycles. The molecule has 0 saturated carbocycles. The van der Waals surface area contributed by atoms with E-state index in [1.165, 1.54) is 6.20 Å². The first-order valence-electron chi connectivity index (χ1n) is 5.49. The van der Waals surface area contributed by atoms with E-state index >= 15 is 0 Å². The second kappa shape index (κ2) is 5.37. The van der Waals surface area contributed by atoms with Gasteiger partial charge in [0.25, 0.3) is 10.0 Å². The van der Waals surface area contributed by atoms with Gasteiger partial charge in [-0.15, -0.1) is 0 Å². The SMILES string of the molecule is Cc1ccc(NS(=O)(=O)c2cc(N)c(F)cc2Br)cn1. The number of nitrogen functional groups attached to an aromatic ring is 1. The fourth-order valence-corrected chi connectivity index (χ4v) is 3.58. The summed E-state index contributed by atoms with van der Waals surface area (Å²) in [5, 5.41) is 0. The van der Waals surface area contributed by atoms with Gasteiger partial charge in [-0.05, 0) is 47.1 Å². The highest BCUT2D eigenvalue weighted by atomic mass is 79.9. The molecule has 0 atom stereocenters. The highest BCUT2D eigenvalue weighted by molar-refractivity contribution is 9.10.